The molecular weight excluding hydrogens is 292 g/mol. The van der Waals surface area contributed by atoms with E-state index >= 15 is 0 Å². The van der Waals surface area contributed by atoms with Crippen LogP contribution in [0.5, 0.6) is 0 Å². The van der Waals surface area contributed by atoms with E-state index in [1.54, 1.807) is 7.11 Å². The van der Waals surface area contributed by atoms with Crippen LogP contribution in [-0.4, -0.2) is 39.2 Å². The molecule has 0 atom stereocenters. The average molecular weight is 310 g/mol. The molecule has 0 amide bonds. The second kappa shape index (κ2) is 5.38. The number of carbonyl (C=O) groups excluding carboxylic acids is 1. The zero-order valence-corrected chi connectivity index (χ0v) is 13.2. The number of ether oxygens (including phenoxy) is 1. The fourth-order valence-corrected chi connectivity index (χ4v) is 2.99. The number of carbonyl (C=O) groups is 1. The van der Waals surface area contributed by atoms with Gasteiger partial charge in [0.2, 0.25) is 5.65 Å². The van der Waals surface area contributed by atoms with Gasteiger partial charge in [0.15, 0.2) is 5.78 Å². The fraction of sp³-hybridized carbons (Fsp3) is 0.412. The van der Waals surface area contributed by atoms with Gasteiger partial charge in [0.25, 0.3) is 0 Å². The Morgan fingerprint density at radius 1 is 1.35 bits per heavy atom. The number of methoxy groups -OCH3 is 1. The van der Waals surface area contributed by atoms with Crippen LogP contribution in [0, 0.1) is 12.8 Å². The minimum atomic E-state index is 0.206. The molecule has 6 heteroatoms. The molecule has 0 radical (unpaired) electrons. The third-order valence-electron chi connectivity index (χ3n) is 4.40. The zero-order valence-electron chi connectivity index (χ0n) is 13.2. The van der Waals surface area contributed by atoms with E-state index in [0.717, 1.165) is 40.6 Å². The molecule has 1 aromatic carbocycles. The van der Waals surface area contributed by atoms with Crippen molar-refractivity contribution >= 4 is 27.9 Å². The van der Waals surface area contributed by atoms with Gasteiger partial charge in [0, 0.05) is 30.5 Å². The summed E-state index contributed by atoms with van der Waals surface area (Å²) in [5.74, 6) is 1.31. The van der Waals surface area contributed by atoms with Crippen LogP contribution in [0.25, 0.3) is 22.1 Å². The minimum absolute atomic E-state index is 0.206. The fourth-order valence-electron chi connectivity index (χ4n) is 2.99. The quantitative estimate of drug-likeness (QED) is 0.677. The smallest absolute Gasteiger partial charge is 0.200 e. The van der Waals surface area contributed by atoms with Crippen LogP contribution in [0.2, 0.25) is 0 Å². The maximum atomic E-state index is 12.4. The van der Waals surface area contributed by atoms with Crippen molar-refractivity contribution in [2.24, 2.45) is 5.92 Å². The van der Waals surface area contributed by atoms with Gasteiger partial charge >= 0.3 is 0 Å². The summed E-state index contributed by atoms with van der Waals surface area (Å²) in [5.41, 5.74) is 3.08. The van der Waals surface area contributed by atoms with Gasteiger partial charge in [-0.15, -0.1) is 10.2 Å². The molecule has 0 unspecified atom stereocenters. The molecule has 23 heavy (non-hydrogen) atoms. The summed E-state index contributed by atoms with van der Waals surface area (Å²) in [6, 6.07) is 5.67. The Morgan fingerprint density at radius 3 is 2.91 bits per heavy atom. The number of Topliss-reactive ketones (excluding diaryl/α,β-unsaturated/α-hetero) is 1. The molecule has 1 aliphatic carbocycles. The van der Waals surface area contributed by atoms with E-state index in [0.29, 0.717) is 18.8 Å². The topological polar surface area (TPSA) is 69.9 Å². The summed E-state index contributed by atoms with van der Waals surface area (Å²) in [6.07, 6.45) is 2.01. The van der Waals surface area contributed by atoms with Crippen molar-refractivity contribution in [3.63, 3.8) is 0 Å². The molecular formula is C17H18N4O2. The highest BCUT2D eigenvalue weighted by atomic mass is 16.5. The number of benzene rings is 1. The van der Waals surface area contributed by atoms with Gasteiger partial charge in [-0.2, -0.15) is 0 Å². The molecule has 2 heterocycles. The van der Waals surface area contributed by atoms with Crippen LogP contribution in [0.1, 0.15) is 29.0 Å². The molecule has 0 bridgehead atoms. The van der Waals surface area contributed by atoms with Crippen molar-refractivity contribution in [2.75, 3.05) is 13.7 Å². The maximum absolute atomic E-state index is 12.4. The number of nitrogens with zero attached hydrogens (tertiary/aromatic N) is 4. The van der Waals surface area contributed by atoms with Crippen molar-refractivity contribution < 1.29 is 9.53 Å². The summed E-state index contributed by atoms with van der Waals surface area (Å²) in [7, 11) is 1.68. The molecule has 118 valence electrons. The predicted octanol–water partition coefficient (Wildman–Crippen LogP) is 2.53. The normalized spacial score (nSPS) is 14.7. The van der Waals surface area contributed by atoms with Crippen LogP contribution in [0.3, 0.4) is 0 Å². The van der Waals surface area contributed by atoms with Gasteiger partial charge in [-0.3, -0.25) is 4.79 Å². The van der Waals surface area contributed by atoms with Gasteiger partial charge in [0.1, 0.15) is 5.82 Å². The molecule has 4 rings (SSSR count). The molecule has 6 nitrogen and oxygen atoms in total. The highest BCUT2D eigenvalue weighted by Gasteiger charge is 2.30. The third-order valence-corrected chi connectivity index (χ3v) is 4.40. The molecule has 0 spiro atoms. The van der Waals surface area contributed by atoms with Crippen molar-refractivity contribution in [3.8, 4) is 0 Å². The van der Waals surface area contributed by atoms with Gasteiger partial charge in [-0.25, -0.2) is 4.98 Å². The first-order chi connectivity index (χ1) is 11.2. The van der Waals surface area contributed by atoms with Crippen LogP contribution < -0.4 is 0 Å². The first-order valence-corrected chi connectivity index (χ1v) is 7.85. The van der Waals surface area contributed by atoms with E-state index in [1.165, 1.54) is 0 Å². The van der Waals surface area contributed by atoms with Crippen molar-refractivity contribution in [3.05, 3.63) is 29.6 Å². The van der Waals surface area contributed by atoms with Crippen molar-refractivity contribution in [2.45, 2.75) is 26.3 Å². The number of aromatic nitrogens is 4. The SMILES string of the molecule is COCCn1c(C)nc2nnc3ccc(C(=O)C4CC4)cc3c21. The summed E-state index contributed by atoms with van der Waals surface area (Å²) in [6.45, 7) is 3.24. The number of ketones is 1. The second-order valence-corrected chi connectivity index (χ2v) is 6.05. The van der Waals surface area contributed by atoms with Crippen molar-refractivity contribution in [1.29, 1.82) is 0 Å². The van der Waals surface area contributed by atoms with E-state index in [1.807, 2.05) is 25.1 Å². The second-order valence-electron chi connectivity index (χ2n) is 6.05. The summed E-state index contributed by atoms with van der Waals surface area (Å²) < 4.78 is 7.28. The first-order valence-electron chi connectivity index (χ1n) is 7.85. The number of hydrogen-bond acceptors (Lipinski definition) is 5. The molecule has 1 aliphatic rings. The Labute approximate surface area is 133 Å². The van der Waals surface area contributed by atoms with E-state index in [4.69, 9.17) is 4.74 Å². The predicted molar refractivity (Wildman–Crippen MR) is 86.5 cm³/mol. The largest absolute Gasteiger partial charge is 0.383 e. The average Bonchev–Trinajstić information content (AvgIpc) is 3.35. The minimum Gasteiger partial charge on any atom is -0.383 e. The highest BCUT2D eigenvalue weighted by Crippen LogP contribution is 2.33. The van der Waals surface area contributed by atoms with Crippen LogP contribution in [-0.2, 0) is 11.3 Å². The Bertz CT molecular complexity index is 912. The summed E-state index contributed by atoms with van der Waals surface area (Å²) in [5, 5.41) is 9.38. The molecule has 1 fully saturated rings. The Hall–Kier alpha value is -2.34. The molecule has 0 N–H and O–H groups in total. The molecule has 0 aliphatic heterocycles. The van der Waals surface area contributed by atoms with Gasteiger partial charge in [0.05, 0.1) is 17.6 Å². The Kier molecular flexibility index (Phi) is 3.34. The Morgan fingerprint density at radius 2 is 2.17 bits per heavy atom. The van der Waals surface area contributed by atoms with Gasteiger partial charge in [-0.1, -0.05) is 0 Å². The summed E-state index contributed by atoms with van der Waals surface area (Å²) in [4.78, 5) is 16.9. The highest BCUT2D eigenvalue weighted by molar-refractivity contribution is 6.07. The standard InChI is InChI=1S/C17H18N4O2/c1-10-18-17-15(21(10)7-8-23-2)13-9-12(16(22)11-3-4-11)5-6-14(13)19-20-17/h5-6,9,11H,3-4,7-8H2,1-2H3. The number of hydrogen-bond donors (Lipinski definition) is 0. The number of imidazole rings is 1. The van der Waals surface area contributed by atoms with Crippen LogP contribution >= 0.6 is 0 Å². The lowest BCUT2D eigenvalue weighted by molar-refractivity contribution is 0.0968. The van der Waals surface area contributed by atoms with E-state index in [2.05, 4.69) is 19.7 Å². The van der Waals surface area contributed by atoms with E-state index < -0.39 is 0 Å². The van der Waals surface area contributed by atoms with Crippen LogP contribution in [0.15, 0.2) is 18.2 Å². The first kappa shape index (κ1) is 14.3. The third kappa shape index (κ3) is 2.39. The monoisotopic (exact) mass is 310 g/mol. The van der Waals surface area contributed by atoms with E-state index in [9.17, 15) is 4.79 Å². The molecule has 2 aromatic heterocycles. The summed E-state index contributed by atoms with van der Waals surface area (Å²) >= 11 is 0. The van der Waals surface area contributed by atoms with Gasteiger partial charge < -0.3 is 9.30 Å². The molecule has 0 saturated heterocycles. The lowest BCUT2D eigenvalue weighted by Gasteiger charge is -2.08. The maximum Gasteiger partial charge on any atom is 0.200 e. The number of fused-ring (bicyclic) bond motifs is 3. The lowest BCUT2D eigenvalue weighted by Crippen LogP contribution is -2.07. The molecule has 1 saturated carbocycles. The van der Waals surface area contributed by atoms with Crippen LogP contribution in [0.4, 0.5) is 0 Å². The number of aryl methyl sites for hydroxylation is 1. The van der Waals surface area contributed by atoms with Crippen molar-refractivity contribution in [1.82, 2.24) is 19.7 Å². The molecule has 3 aromatic rings. The number of rotatable bonds is 5. The Balaban J connectivity index is 1.93. The zero-order chi connectivity index (χ0) is 16.0. The van der Waals surface area contributed by atoms with Gasteiger partial charge in [-0.05, 0) is 38.0 Å². The van der Waals surface area contributed by atoms with E-state index in [-0.39, 0.29) is 11.7 Å². The lowest BCUT2D eigenvalue weighted by atomic mass is 10.0.